The van der Waals surface area contributed by atoms with Crippen LogP contribution >= 0.6 is 0 Å². The summed E-state index contributed by atoms with van der Waals surface area (Å²) in [4.78, 5) is 3.20. The third-order valence-corrected chi connectivity index (χ3v) is 1.42. The summed E-state index contributed by atoms with van der Waals surface area (Å²) in [7, 11) is 0. The highest BCUT2D eigenvalue weighted by Crippen LogP contribution is 2.22. The maximum absolute atomic E-state index is 12.2. The summed E-state index contributed by atoms with van der Waals surface area (Å²) >= 11 is 0. The first-order chi connectivity index (χ1) is 6.96. The molecule has 0 fully saturated rings. The van der Waals surface area contributed by atoms with E-state index >= 15 is 0 Å². The van der Waals surface area contributed by atoms with Gasteiger partial charge in [-0.1, -0.05) is 0 Å². The molecule has 0 saturated carbocycles. The van der Waals surface area contributed by atoms with Crippen molar-refractivity contribution in [2.45, 2.75) is 13.0 Å². The summed E-state index contributed by atoms with van der Waals surface area (Å²) in [6, 6.07) is 3.35. The first-order valence-corrected chi connectivity index (χ1v) is 3.68. The third kappa shape index (κ3) is 3.09. The molecule has 0 N–H and O–H groups in total. The molecule has 1 rings (SSSR count). The molecule has 7 heteroatoms. The lowest BCUT2D eigenvalue weighted by Gasteiger charge is -2.08. The fraction of sp³-hybridized carbons (Fsp3) is 0.250. The quantitative estimate of drug-likeness (QED) is 0.718. The fourth-order valence-corrected chi connectivity index (χ4v) is 0.850. The van der Waals surface area contributed by atoms with Crippen molar-refractivity contribution in [3.8, 4) is 11.9 Å². The number of hydrogen-bond acceptors (Lipinski definition) is 3. The number of nitrogens with zero attached hydrogens (tertiary/aromatic N) is 2. The molecule has 0 unspecified atom stereocenters. The molecular weight excluding hydrogens is 216 g/mol. The van der Waals surface area contributed by atoms with Gasteiger partial charge in [0.05, 0.1) is 0 Å². The zero-order valence-corrected chi connectivity index (χ0v) is 7.18. The van der Waals surface area contributed by atoms with E-state index in [1.807, 2.05) is 0 Å². The van der Waals surface area contributed by atoms with E-state index in [1.54, 1.807) is 0 Å². The molecule has 15 heavy (non-hydrogen) atoms. The predicted molar refractivity (Wildman–Crippen MR) is 40.4 cm³/mol. The maximum Gasteiger partial charge on any atom is 0.574 e. The molecule has 0 atom stereocenters. The van der Waals surface area contributed by atoms with Crippen molar-refractivity contribution in [2.24, 2.45) is 0 Å². The molecule has 0 aliphatic rings. The van der Waals surface area contributed by atoms with Gasteiger partial charge in [-0.2, -0.15) is 5.26 Å². The summed E-state index contributed by atoms with van der Waals surface area (Å²) in [6.45, 7) is -0.970. The van der Waals surface area contributed by atoms with Crippen molar-refractivity contribution < 1.29 is 22.3 Å². The summed E-state index contributed by atoms with van der Waals surface area (Å²) in [5.74, 6) is -0.781. The van der Waals surface area contributed by atoms with E-state index in [0.29, 0.717) is 0 Å². The van der Waals surface area contributed by atoms with Crippen LogP contribution in [0.5, 0.6) is 5.88 Å². The summed E-state index contributed by atoms with van der Waals surface area (Å²) < 4.78 is 50.9. The van der Waals surface area contributed by atoms with E-state index in [0.717, 1.165) is 12.1 Å². The van der Waals surface area contributed by atoms with Crippen LogP contribution in [-0.4, -0.2) is 11.3 Å². The lowest BCUT2D eigenvalue weighted by atomic mass is 10.2. The molecule has 3 nitrogen and oxygen atoms in total. The SMILES string of the molecule is N#Cc1nc(OC(F)(F)F)ccc1CF. The second-order valence-electron chi connectivity index (χ2n) is 2.45. The predicted octanol–water partition coefficient (Wildman–Crippen LogP) is 2.32. The van der Waals surface area contributed by atoms with Gasteiger partial charge >= 0.3 is 6.36 Å². The number of ether oxygens (including phenoxy) is 1. The van der Waals surface area contributed by atoms with E-state index in [4.69, 9.17) is 5.26 Å². The lowest BCUT2D eigenvalue weighted by Crippen LogP contribution is -2.18. The summed E-state index contributed by atoms with van der Waals surface area (Å²) in [5.41, 5.74) is -0.494. The molecule has 1 aromatic rings. The number of alkyl halides is 4. The Labute approximate surface area is 81.9 Å². The number of halogens is 4. The van der Waals surface area contributed by atoms with Crippen molar-refractivity contribution >= 4 is 0 Å². The van der Waals surface area contributed by atoms with Crippen molar-refractivity contribution in [3.05, 3.63) is 23.4 Å². The highest BCUT2D eigenvalue weighted by Gasteiger charge is 2.32. The first-order valence-electron chi connectivity index (χ1n) is 3.68. The second kappa shape index (κ2) is 4.13. The van der Waals surface area contributed by atoms with Gasteiger partial charge in [-0.05, 0) is 6.07 Å². The molecule has 0 saturated heterocycles. The maximum atomic E-state index is 12.2. The van der Waals surface area contributed by atoms with Crippen molar-refractivity contribution in [1.29, 1.82) is 5.26 Å². The average Bonchev–Trinajstić information content (AvgIpc) is 2.15. The zero-order valence-electron chi connectivity index (χ0n) is 7.18. The van der Waals surface area contributed by atoms with Crippen molar-refractivity contribution in [3.63, 3.8) is 0 Å². The highest BCUT2D eigenvalue weighted by molar-refractivity contribution is 5.33. The fourth-order valence-electron chi connectivity index (χ4n) is 0.850. The van der Waals surface area contributed by atoms with Crippen LogP contribution in [0, 0.1) is 11.3 Å². The molecule has 0 radical (unpaired) electrons. The Bertz CT molecular complexity index is 397. The van der Waals surface area contributed by atoms with Crippen LogP contribution < -0.4 is 4.74 Å². The minimum Gasteiger partial charge on any atom is -0.388 e. The van der Waals surface area contributed by atoms with Gasteiger partial charge in [-0.15, -0.1) is 13.2 Å². The van der Waals surface area contributed by atoms with Crippen LogP contribution in [-0.2, 0) is 6.67 Å². The lowest BCUT2D eigenvalue weighted by molar-refractivity contribution is -0.276. The first kappa shape index (κ1) is 11.2. The van der Waals surface area contributed by atoms with Gasteiger partial charge in [0.2, 0.25) is 5.88 Å². The number of pyridine rings is 1. The Morgan fingerprint density at radius 3 is 2.53 bits per heavy atom. The van der Waals surface area contributed by atoms with Crippen molar-refractivity contribution in [1.82, 2.24) is 4.98 Å². The van der Waals surface area contributed by atoms with Crippen LogP contribution in [0.25, 0.3) is 0 Å². The smallest absolute Gasteiger partial charge is 0.388 e. The topological polar surface area (TPSA) is 45.9 Å². The monoisotopic (exact) mass is 220 g/mol. The molecule has 0 amide bonds. The van der Waals surface area contributed by atoms with E-state index < -0.39 is 24.6 Å². The van der Waals surface area contributed by atoms with Crippen LogP contribution in [0.15, 0.2) is 12.1 Å². The van der Waals surface area contributed by atoms with Gasteiger partial charge in [0.1, 0.15) is 18.4 Å². The minimum absolute atomic E-state index is 0.0768. The molecule has 0 aromatic carbocycles. The van der Waals surface area contributed by atoms with E-state index in [2.05, 4.69) is 9.72 Å². The van der Waals surface area contributed by atoms with Gasteiger partial charge in [-0.25, -0.2) is 9.37 Å². The Hall–Kier alpha value is -1.84. The summed E-state index contributed by atoms with van der Waals surface area (Å²) in [5, 5.41) is 8.46. The largest absolute Gasteiger partial charge is 0.574 e. The summed E-state index contributed by atoms with van der Waals surface area (Å²) in [6.07, 6.45) is -4.88. The zero-order chi connectivity index (χ0) is 11.5. The molecule has 1 heterocycles. The number of aromatic nitrogens is 1. The van der Waals surface area contributed by atoms with Crippen LogP contribution in [0.2, 0.25) is 0 Å². The van der Waals surface area contributed by atoms with Gasteiger partial charge in [-0.3, -0.25) is 0 Å². The molecule has 0 aliphatic heterocycles. The van der Waals surface area contributed by atoms with E-state index in [1.165, 1.54) is 6.07 Å². The number of hydrogen-bond donors (Lipinski definition) is 0. The average molecular weight is 220 g/mol. The molecule has 80 valence electrons. The number of nitriles is 1. The van der Waals surface area contributed by atoms with Gasteiger partial charge in [0, 0.05) is 11.6 Å². The standard InChI is InChI=1S/C8H4F4N2O/c9-3-5-1-2-7(14-6(5)4-13)15-8(10,11)12/h1-2H,3H2. The Balaban J connectivity index is 3.00. The molecule has 0 bridgehead atoms. The van der Waals surface area contributed by atoms with Gasteiger partial charge in [0.25, 0.3) is 0 Å². The van der Waals surface area contributed by atoms with Gasteiger partial charge in [0.15, 0.2) is 0 Å². The molecular formula is C8H4F4N2O. The molecule has 0 spiro atoms. The third-order valence-electron chi connectivity index (χ3n) is 1.42. The van der Waals surface area contributed by atoms with Crippen LogP contribution in [0.3, 0.4) is 0 Å². The Morgan fingerprint density at radius 2 is 2.07 bits per heavy atom. The number of rotatable bonds is 2. The van der Waals surface area contributed by atoms with E-state index in [-0.39, 0.29) is 5.56 Å². The Morgan fingerprint density at radius 1 is 1.40 bits per heavy atom. The van der Waals surface area contributed by atoms with Crippen LogP contribution in [0.4, 0.5) is 17.6 Å². The minimum atomic E-state index is -4.88. The van der Waals surface area contributed by atoms with Crippen LogP contribution in [0.1, 0.15) is 11.3 Å². The normalized spacial score (nSPS) is 10.9. The van der Waals surface area contributed by atoms with Gasteiger partial charge < -0.3 is 4.74 Å². The van der Waals surface area contributed by atoms with E-state index in [9.17, 15) is 17.6 Å². The second-order valence-corrected chi connectivity index (χ2v) is 2.45. The highest BCUT2D eigenvalue weighted by atomic mass is 19.4. The molecule has 1 aromatic heterocycles. The van der Waals surface area contributed by atoms with Crippen molar-refractivity contribution in [2.75, 3.05) is 0 Å². The molecule has 0 aliphatic carbocycles. The Kier molecular flexibility index (Phi) is 3.09.